The number of aryl methyl sites for hydroxylation is 1. The summed E-state index contributed by atoms with van der Waals surface area (Å²) in [6.07, 6.45) is 7.12. The van der Waals surface area contributed by atoms with E-state index >= 15 is 0 Å². The number of carbonyl (C=O) groups excluding carboxylic acids is 1. The third-order valence-electron chi connectivity index (χ3n) is 5.10. The minimum absolute atomic E-state index is 0.00787. The first-order valence-electron chi connectivity index (χ1n) is 7.62. The summed E-state index contributed by atoms with van der Waals surface area (Å²) in [4.78, 5) is 12.5. The van der Waals surface area contributed by atoms with Crippen LogP contribution < -0.4 is 5.32 Å². The molecule has 1 N–H and O–H groups in total. The van der Waals surface area contributed by atoms with Crippen LogP contribution in [0.25, 0.3) is 0 Å². The molecule has 1 aromatic heterocycles. The smallest absolute Gasteiger partial charge is 0.270 e. The van der Waals surface area contributed by atoms with Gasteiger partial charge in [-0.2, -0.15) is 5.10 Å². The first kappa shape index (κ1) is 14.1. The van der Waals surface area contributed by atoms with Crippen molar-refractivity contribution in [3.05, 3.63) is 16.4 Å². The molecule has 110 valence electrons. The molecule has 4 nitrogen and oxygen atoms in total. The Hall–Kier alpha value is -0.840. The van der Waals surface area contributed by atoms with Crippen molar-refractivity contribution in [3.63, 3.8) is 0 Å². The van der Waals surface area contributed by atoms with Crippen molar-refractivity contribution in [2.45, 2.75) is 52.1 Å². The van der Waals surface area contributed by atoms with E-state index in [1.807, 2.05) is 6.92 Å². The molecule has 2 aliphatic carbocycles. The van der Waals surface area contributed by atoms with E-state index in [1.54, 1.807) is 10.9 Å². The van der Waals surface area contributed by atoms with Crippen LogP contribution in [0.15, 0.2) is 10.7 Å². The van der Waals surface area contributed by atoms with E-state index in [-0.39, 0.29) is 11.9 Å². The van der Waals surface area contributed by atoms with Crippen LogP contribution in [-0.4, -0.2) is 21.7 Å². The van der Waals surface area contributed by atoms with Gasteiger partial charge in [-0.1, -0.05) is 6.42 Å². The molecule has 2 aliphatic rings. The zero-order valence-corrected chi connectivity index (χ0v) is 13.7. The first-order valence-corrected chi connectivity index (χ1v) is 8.41. The molecule has 5 heteroatoms. The van der Waals surface area contributed by atoms with Crippen LogP contribution in [0, 0.1) is 17.8 Å². The van der Waals surface area contributed by atoms with Gasteiger partial charge in [-0.3, -0.25) is 9.48 Å². The highest BCUT2D eigenvalue weighted by atomic mass is 79.9. The lowest BCUT2D eigenvalue weighted by Gasteiger charge is -2.28. The molecule has 0 aromatic carbocycles. The van der Waals surface area contributed by atoms with Crippen LogP contribution in [0.5, 0.6) is 0 Å². The van der Waals surface area contributed by atoms with E-state index in [0.717, 1.165) is 16.3 Å². The highest BCUT2D eigenvalue weighted by molar-refractivity contribution is 9.10. The zero-order chi connectivity index (χ0) is 14.3. The Morgan fingerprint density at radius 1 is 1.55 bits per heavy atom. The van der Waals surface area contributed by atoms with E-state index in [4.69, 9.17) is 0 Å². The van der Waals surface area contributed by atoms with Gasteiger partial charge in [0, 0.05) is 12.6 Å². The Morgan fingerprint density at radius 2 is 2.35 bits per heavy atom. The standard InChI is InChI=1S/C15H22BrN3O/c1-3-19-14(13(16)8-17-19)15(20)18-9(2)12-7-10-4-5-11(12)6-10/h8-12H,3-7H2,1-2H3,(H,18,20)/t9-,10-,11-,12+/m0/s1. The van der Waals surface area contributed by atoms with E-state index < -0.39 is 0 Å². The van der Waals surface area contributed by atoms with Gasteiger partial charge < -0.3 is 5.32 Å². The second-order valence-electron chi connectivity index (χ2n) is 6.26. The normalized spacial score (nSPS) is 29.6. The summed E-state index contributed by atoms with van der Waals surface area (Å²) in [6.45, 7) is 4.86. The van der Waals surface area contributed by atoms with Crippen LogP contribution >= 0.6 is 15.9 Å². The molecule has 1 aromatic rings. The largest absolute Gasteiger partial charge is 0.348 e. The summed E-state index contributed by atoms with van der Waals surface area (Å²) in [5, 5.41) is 7.40. The van der Waals surface area contributed by atoms with Gasteiger partial charge in [-0.15, -0.1) is 0 Å². The van der Waals surface area contributed by atoms with Crippen LogP contribution in [0.4, 0.5) is 0 Å². The second-order valence-corrected chi connectivity index (χ2v) is 7.11. The van der Waals surface area contributed by atoms with Crippen molar-refractivity contribution >= 4 is 21.8 Å². The number of hydrogen-bond donors (Lipinski definition) is 1. The van der Waals surface area contributed by atoms with Crippen molar-refractivity contribution < 1.29 is 4.79 Å². The van der Waals surface area contributed by atoms with Crippen molar-refractivity contribution in [2.75, 3.05) is 0 Å². The molecule has 2 fully saturated rings. The van der Waals surface area contributed by atoms with Gasteiger partial charge >= 0.3 is 0 Å². The van der Waals surface area contributed by atoms with Gasteiger partial charge in [-0.05, 0) is 66.8 Å². The first-order chi connectivity index (χ1) is 9.60. The highest BCUT2D eigenvalue weighted by Crippen LogP contribution is 2.49. The summed E-state index contributed by atoms with van der Waals surface area (Å²) >= 11 is 3.42. The quantitative estimate of drug-likeness (QED) is 0.915. The Balaban J connectivity index is 1.68. The van der Waals surface area contributed by atoms with E-state index in [9.17, 15) is 4.79 Å². The fourth-order valence-corrected chi connectivity index (χ4v) is 4.59. The number of halogens is 1. The molecule has 0 unspecified atom stereocenters. The number of amides is 1. The predicted octanol–water partition coefficient (Wildman–Crippen LogP) is 3.22. The van der Waals surface area contributed by atoms with Gasteiger partial charge in [0.25, 0.3) is 5.91 Å². The molecule has 1 heterocycles. The highest BCUT2D eigenvalue weighted by Gasteiger charge is 2.42. The Kier molecular flexibility index (Phi) is 3.89. The second kappa shape index (κ2) is 5.51. The monoisotopic (exact) mass is 339 g/mol. The molecule has 0 aliphatic heterocycles. The van der Waals surface area contributed by atoms with Gasteiger partial charge in [0.15, 0.2) is 0 Å². The van der Waals surface area contributed by atoms with Gasteiger partial charge in [0.2, 0.25) is 0 Å². The summed E-state index contributed by atoms with van der Waals surface area (Å²) in [6, 6.07) is 0.255. The molecule has 4 atom stereocenters. The lowest BCUT2D eigenvalue weighted by Crippen LogP contribution is -2.41. The summed E-state index contributed by atoms with van der Waals surface area (Å²) in [5.74, 6) is 2.40. The van der Waals surface area contributed by atoms with E-state index in [1.165, 1.54) is 25.7 Å². The fraction of sp³-hybridized carbons (Fsp3) is 0.733. The topological polar surface area (TPSA) is 46.9 Å². The lowest BCUT2D eigenvalue weighted by atomic mass is 9.84. The van der Waals surface area contributed by atoms with Crippen LogP contribution in [0.2, 0.25) is 0 Å². The lowest BCUT2D eigenvalue weighted by molar-refractivity contribution is 0.0903. The summed E-state index contributed by atoms with van der Waals surface area (Å²) in [7, 11) is 0. The third kappa shape index (κ3) is 2.41. The molecule has 20 heavy (non-hydrogen) atoms. The number of hydrogen-bond acceptors (Lipinski definition) is 2. The van der Waals surface area contributed by atoms with Gasteiger partial charge in [0.05, 0.1) is 10.7 Å². The number of carbonyl (C=O) groups is 1. The van der Waals surface area contributed by atoms with Crippen LogP contribution in [0.3, 0.4) is 0 Å². The maximum atomic E-state index is 12.5. The molecule has 2 saturated carbocycles. The molecule has 0 saturated heterocycles. The maximum absolute atomic E-state index is 12.5. The van der Waals surface area contributed by atoms with E-state index in [0.29, 0.717) is 18.2 Å². The predicted molar refractivity (Wildman–Crippen MR) is 81.5 cm³/mol. The average Bonchev–Trinajstić information content (AvgIpc) is 3.12. The Bertz CT molecular complexity index is 513. The van der Waals surface area contributed by atoms with Gasteiger partial charge in [0.1, 0.15) is 5.69 Å². The summed E-state index contributed by atoms with van der Waals surface area (Å²) in [5.41, 5.74) is 0.641. The van der Waals surface area contributed by atoms with Gasteiger partial charge in [-0.25, -0.2) is 0 Å². The SMILES string of the molecule is CCn1ncc(Br)c1C(=O)N[C@@H](C)[C@H]1C[C@H]2CC[C@H]1C2. The number of nitrogens with one attached hydrogen (secondary N) is 1. The van der Waals surface area contributed by atoms with Crippen LogP contribution in [-0.2, 0) is 6.54 Å². The van der Waals surface area contributed by atoms with Crippen molar-refractivity contribution in [3.8, 4) is 0 Å². The molecule has 2 bridgehead atoms. The Labute approximate surface area is 128 Å². The van der Waals surface area contributed by atoms with Crippen LogP contribution in [0.1, 0.15) is 50.0 Å². The number of nitrogens with zero attached hydrogens (tertiary/aromatic N) is 2. The molecular weight excluding hydrogens is 318 g/mol. The zero-order valence-electron chi connectivity index (χ0n) is 12.1. The van der Waals surface area contributed by atoms with E-state index in [2.05, 4.69) is 33.3 Å². The molecule has 3 rings (SSSR count). The fourth-order valence-electron chi connectivity index (χ4n) is 4.12. The minimum Gasteiger partial charge on any atom is -0.348 e. The number of aromatic nitrogens is 2. The maximum Gasteiger partial charge on any atom is 0.270 e. The molecule has 1 amide bonds. The van der Waals surface area contributed by atoms with Crippen molar-refractivity contribution in [1.29, 1.82) is 0 Å². The van der Waals surface area contributed by atoms with Crippen molar-refractivity contribution in [1.82, 2.24) is 15.1 Å². The summed E-state index contributed by atoms with van der Waals surface area (Å²) < 4.78 is 2.52. The number of fused-ring (bicyclic) bond motifs is 2. The third-order valence-corrected chi connectivity index (χ3v) is 5.68. The number of rotatable bonds is 4. The average molecular weight is 340 g/mol. The minimum atomic E-state index is -0.00787. The molecule has 0 radical (unpaired) electrons. The molecule has 0 spiro atoms. The molecular formula is C15H22BrN3O. The Morgan fingerprint density at radius 3 is 2.95 bits per heavy atom. The van der Waals surface area contributed by atoms with Crippen molar-refractivity contribution in [2.24, 2.45) is 17.8 Å².